The normalized spacial score (nSPS) is 20.6. The number of hydrogen-bond donors (Lipinski definition) is 4. The Bertz CT molecular complexity index is 1500. The molecule has 188 valence electrons. The number of aromatic amines is 1. The van der Waals surface area contributed by atoms with Crippen LogP contribution in [0.5, 0.6) is 0 Å². The largest absolute Gasteiger partial charge is 0.369 e. The number of aromatic nitrogens is 2. The summed E-state index contributed by atoms with van der Waals surface area (Å²) in [6.07, 6.45) is 2.56. The van der Waals surface area contributed by atoms with Crippen LogP contribution in [0, 0.1) is 6.92 Å². The van der Waals surface area contributed by atoms with Crippen molar-refractivity contribution in [1.82, 2.24) is 20.6 Å². The number of rotatable bonds is 5. The molecule has 0 spiro atoms. The highest BCUT2D eigenvalue weighted by molar-refractivity contribution is 7.85. The zero-order valence-electron chi connectivity index (χ0n) is 19.4. The van der Waals surface area contributed by atoms with E-state index in [2.05, 4.69) is 25.5 Å². The van der Waals surface area contributed by atoms with Crippen LogP contribution in [-0.4, -0.2) is 59.8 Å². The minimum atomic E-state index is -4.36. The second kappa shape index (κ2) is 9.03. The summed E-state index contributed by atoms with van der Waals surface area (Å²) in [4.78, 5) is 45.8. The first-order chi connectivity index (χ1) is 17.1. The second-order valence-corrected chi connectivity index (χ2v) is 10.6. The predicted molar refractivity (Wildman–Crippen MR) is 130 cm³/mol. The number of nitrogens with zero attached hydrogens (tertiary/aromatic N) is 2. The number of anilines is 1. The summed E-state index contributed by atoms with van der Waals surface area (Å²) in [6.45, 7) is 3.01. The van der Waals surface area contributed by atoms with Crippen molar-refractivity contribution in [3.8, 4) is 0 Å². The monoisotopic (exact) mass is 511 g/mol. The molecule has 2 aliphatic heterocycles. The molecule has 1 aromatic heterocycles. The molecule has 2 unspecified atom stereocenters. The third-order valence-corrected chi connectivity index (χ3v) is 7.69. The molecule has 0 aliphatic carbocycles. The Morgan fingerprint density at radius 2 is 2.00 bits per heavy atom. The average Bonchev–Trinajstić information content (AvgIpc) is 3.49. The number of imide groups is 1. The van der Waals surface area contributed by atoms with Gasteiger partial charge in [0.05, 0.1) is 28.0 Å². The van der Waals surface area contributed by atoms with E-state index in [0.29, 0.717) is 41.7 Å². The zero-order chi connectivity index (χ0) is 25.6. The number of hydrogen-bond acceptors (Lipinski definition) is 7. The molecular formula is C24H25N5O6S. The van der Waals surface area contributed by atoms with Gasteiger partial charge < -0.3 is 15.2 Å². The molecule has 4 N–H and O–H groups in total. The third-order valence-electron chi connectivity index (χ3n) is 6.76. The molecule has 11 nitrogen and oxygen atoms in total. The molecule has 2 aromatic carbocycles. The maximum absolute atomic E-state index is 13.0. The zero-order valence-corrected chi connectivity index (χ0v) is 20.3. The van der Waals surface area contributed by atoms with E-state index in [4.69, 9.17) is 0 Å². The SMILES string of the molecule is Cc1ccc(S(=O)(=O)O)c(C2CCN(c3ccc(C(=O)NC4CCC(=O)NC4=O)c4[nH]cnc34)C2)c1. The van der Waals surface area contributed by atoms with Gasteiger partial charge in [-0.25, -0.2) is 4.98 Å². The van der Waals surface area contributed by atoms with Crippen LogP contribution < -0.4 is 15.5 Å². The van der Waals surface area contributed by atoms with Gasteiger partial charge in [0.25, 0.3) is 16.0 Å². The Balaban J connectivity index is 1.40. The first-order valence-corrected chi connectivity index (χ1v) is 13.0. The number of piperidine rings is 1. The lowest BCUT2D eigenvalue weighted by Crippen LogP contribution is -2.52. The Hall–Kier alpha value is -3.77. The maximum atomic E-state index is 13.0. The number of aryl methyl sites for hydroxylation is 1. The fourth-order valence-corrected chi connectivity index (χ4v) is 5.75. The highest BCUT2D eigenvalue weighted by Crippen LogP contribution is 2.37. The van der Waals surface area contributed by atoms with Crippen molar-refractivity contribution < 1.29 is 27.4 Å². The lowest BCUT2D eigenvalue weighted by molar-refractivity contribution is -0.134. The minimum absolute atomic E-state index is 0.0784. The van der Waals surface area contributed by atoms with Gasteiger partial charge in [0.1, 0.15) is 11.6 Å². The average molecular weight is 512 g/mol. The number of nitrogens with one attached hydrogen (secondary N) is 3. The molecule has 0 saturated carbocycles. The van der Waals surface area contributed by atoms with Gasteiger partial charge in [-0.2, -0.15) is 8.42 Å². The number of H-pyrrole nitrogens is 1. The molecule has 2 fully saturated rings. The van der Waals surface area contributed by atoms with Crippen molar-refractivity contribution in [1.29, 1.82) is 0 Å². The highest BCUT2D eigenvalue weighted by Gasteiger charge is 2.32. The summed E-state index contributed by atoms with van der Waals surface area (Å²) < 4.78 is 33.6. The molecule has 36 heavy (non-hydrogen) atoms. The topological polar surface area (TPSA) is 162 Å². The van der Waals surface area contributed by atoms with Crippen molar-refractivity contribution in [2.75, 3.05) is 18.0 Å². The Kier molecular flexibility index (Phi) is 6.00. The van der Waals surface area contributed by atoms with Gasteiger partial charge in [-0.3, -0.25) is 24.3 Å². The fourth-order valence-electron chi connectivity index (χ4n) is 4.98. The quantitative estimate of drug-likeness (QED) is 0.297. The standard InChI is InChI=1S/C24H25N5O6S/c1-13-2-6-19(36(33,34)35)16(10-13)14-8-9-29(11-14)18-5-3-15(21-22(18)26-12-25-21)23(31)27-17-4-7-20(30)28-24(17)32/h2-3,5-6,10,12,14,17H,4,7-9,11H2,1H3,(H,25,26)(H,27,31)(H,28,30,32)(H,33,34,35). The Morgan fingerprint density at radius 3 is 2.75 bits per heavy atom. The van der Waals surface area contributed by atoms with Crippen LogP contribution in [0.15, 0.2) is 41.6 Å². The Labute approximate surface area is 207 Å². The van der Waals surface area contributed by atoms with Crippen LogP contribution in [-0.2, 0) is 19.7 Å². The van der Waals surface area contributed by atoms with E-state index in [9.17, 15) is 27.4 Å². The Morgan fingerprint density at radius 1 is 1.19 bits per heavy atom. The molecule has 2 saturated heterocycles. The number of benzene rings is 2. The molecule has 0 bridgehead atoms. The number of carbonyl (C=O) groups excluding carboxylic acids is 3. The summed E-state index contributed by atoms with van der Waals surface area (Å²) in [5.41, 5.74) is 3.67. The van der Waals surface area contributed by atoms with E-state index < -0.39 is 28.0 Å². The molecule has 12 heteroatoms. The van der Waals surface area contributed by atoms with Gasteiger partial charge in [-0.1, -0.05) is 17.7 Å². The maximum Gasteiger partial charge on any atom is 0.294 e. The third kappa shape index (κ3) is 4.44. The fraction of sp³-hybridized carbons (Fsp3) is 0.333. The van der Waals surface area contributed by atoms with Gasteiger partial charge in [-0.05, 0) is 43.5 Å². The van der Waals surface area contributed by atoms with Crippen molar-refractivity contribution in [3.05, 3.63) is 53.3 Å². The molecule has 2 aliphatic rings. The van der Waals surface area contributed by atoms with Crippen molar-refractivity contribution in [3.63, 3.8) is 0 Å². The smallest absolute Gasteiger partial charge is 0.294 e. The molecular weight excluding hydrogens is 486 g/mol. The summed E-state index contributed by atoms with van der Waals surface area (Å²) >= 11 is 0. The summed E-state index contributed by atoms with van der Waals surface area (Å²) in [7, 11) is -4.36. The minimum Gasteiger partial charge on any atom is -0.369 e. The van der Waals surface area contributed by atoms with Crippen molar-refractivity contribution in [2.45, 2.75) is 43.0 Å². The van der Waals surface area contributed by atoms with Crippen molar-refractivity contribution in [2.24, 2.45) is 0 Å². The van der Waals surface area contributed by atoms with Crippen LogP contribution >= 0.6 is 0 Å². The van der Waals surface area contributed by atoms with E-state index in [0.717, 1.165) is 11.3 Å². The van der Waals surface area contributed by atoms with Gasteiger partial charge in [0.2, 0.25) is 11.8 Å². The molecule has 3 heterocycles. The first kappa shape index (κ1) is 23.9. The van der Waals surface area contributed by atoms with Crippen molar-refractivity contribution >= 4 is 44.6 Å². The first-order valence-electron chi connectivity index (χ1n) is 11.6. The van der Waals surface area contributed by atoms with Crippen LogP contribution in [0.4, 0.5) is 5.69 Å². The number of amides is 3. The van der Waals surface area contributed by atoms with Gasteiger partial charge >= 0.3 is 0 Å². The van der Waals surface area contributed by atoms with E-state index in [1.807, 2.05) is 6.92 Å². The van der Waals surface area contributed by atoms with Crippen LogP contribution in [0.2, 0.25) is 0 Å². The molecule has 0 radical (unpaired) electrons. The van der Waals surface area contributed by atoms with Crippen LogP contribution in [0.1, 0.15) is 46.7 Å². The van der Waals surface area contributed by atoms with E-state index in [1.165, 1.54) is 12.4 Å². The van der Waals surface area contributed by atoms with E-state index in [1.54, 1.807) is 24.3 Å². The lowest BCUT2D eigenvalue weighted by Gasteiger charge is -2.23. The van der Waals surface area contributed by atoms with Gasteiger partial charge in [0, 0.05) is 25.4 Å². The van der Waals surface area contributed by atoms with Gasteiger partial charge in [0.15, 0.2) is 0 Å². The number of fused-ring (bicyclic) bond motifs is 1. The molecule has 3 aromatic rings. The molecule has 3 amide bonds. The number of carbonyl (C=O) groups is 3. The number of imidazole rings is 1. The molecule has 5 rings (SSSR count). The second-order valence-electron chi connectivity index (χ2n) is 9.18. The molecule has 2 atom stereocenters. The van der Waals surface area contributed by atoms with Gasteiger partial charge in [-0.15, -0.1) is 0 Å². The summed E-state index contributed by atoms with van der Waals surface area (Å²) in [5, 5.41) is 4.91. The summed E-state index contributed by atoms with van der Waals surface area (Å²) in [6, 6.07) is 7.53. The highest BCUT2D eigenvalue weighted by atomic mass is 32.2. The lowest BCUT2D eigenvalue weighted by atomic mass is 9.97. The predicted octanol–water partition coefficient (Wildman–Crippen LogP) is 1.65. The van der Waals surface area contributed by atoms with Crippen LogP contribution in [0.3, 0.4) is 0 Å². The van der Waals surface area contributed by atoms with Crippen LogP contribution in [0.25, 0.3) is 11.0 Å². The summed E-state index contributed by atoms with van der Waals surface area (Å²) in [5.74, 6) is -1.46. The van der Waals surface area contributed by atoms with E-state index in [-0.39, 0.29) is 29.6 Å². The van der Waals surface area contributed by atoms with E-state index >= 15 is 0 Å².